The van der Waals surface area contributed by atoms with Crippen LogP contribution in [0.25, 0.3) is 0 Å². The third-order valence-corrected chi connectivity index (χ3v) is 3.14. The van der Waals surface area contributed by atoms with Crippen molar-refractivity contribution in [3.8, 4) is 0 Å². The normalized spacial score (nSPS) is 15.2. The van der Waals surface area contributed by atoms with Crippen LogP contribution in [0.1, 0.15) is 12.0 Å². The molecule has 0 fully saturated rings. The van der Waals surface area contributed by atoms with Gasteiger partial charge in [-0.1, -0.05) is 5.04 Å². The zero-order chi connectivity index (χ0) is 10.7. The molecule has 1 heterocycles. The first-order chi connectivity index (χ1) is 7.31. The number of hydrogen-bond acceptors (Lipinski definition) is 5. The molecule has 0 aromatic heterocycles. The fourth-order valence-electron chi connectivity index (χ4n) is 1.87. The zero-order valence-corrected chi connectivity index (χ0v) is 9.29. The molecule has 1 N–H and O–H groups in total. The van der Waals surface area contributed by atoms with E-state index in [-0.39, 0.29) is 0 Å². The van der Waals surface area contributed by atoms with Crippen molar-refractivity contribution in [1.82, 2.24) is 0 Å². The van der Waals surface area contributed by atoms with E-state index >= 15 is 0 Å². The average molecular weight is 227 g/mol. The van der Waals surface area contributed by atoms with Gasteiger partial charge in [-0.15, -0.1) is 4.33 Å². The Labute approximate surface area is 92.9 Å². The van der Waals surface area contributed by atoms with Gasteiger partial charge in [0, 0.05) is 24.2 Å². The highest BCUT2D eigenvalue weighted by atomic mass is 32.2. The number of benzene rings is 1. The van der Waals surface area contributed by atoms with Gasteiger partial charge in [-0.25, -0.2) is 5.26 Å². The topological polar surface area (TPSA) is 41.9 Å². The van der Waals surface area contributed by atoms with Crippen LogP contribution in [0.4, 0.5) is 5.69 Å². The number of anilines is 1. The SMILES string of the molecule is CN1CCCc2cc(SOOO)ccc21. The van der Waals surface area contributed by atoms with Crippen LogP contribution < -0.4 is 4.90 Å². The van der Waals surface area contributed by atoms with Gasteiger partial charge >= 0.3 is 0 Å². The molecular formula is C10H13NO3S. The van der Waals surface area contributed by atoms with E-state index in [1.807, 2.05) is 6.07 Å². The fraction of sp³-hybridized carbons (Fsp3) is 0.400. The molecule has 5 heteroatoms. The highest BCUT2D eigenvalue weighted by Gasteiger charge is 2.13. The average Bonchev–Trinajstić information content (AvgIpc) is 2.26. The molecule has 0 bridgehead atoms. The van der Waals surface area contributed by atoms with E-state index in [1.54, 1.807) is 0 Å². The van der Waals surface area contributed by atoms with Gasteiger partial charge in [0.15, 0.2) is 0 Å². The van der Waals surface area contributed by atoms with Crippen molar-refractivity contribution < 1.29 is 14.6 Å². The van der Waals surface area contributed by atoms with Crippen LogP contribution in [0, 0.1) is 0 Å². The van der Waals surface area contributed by atoms with Crippen molar-refractivity contribution in [3.63, 3.8) is 0 Å². The molecule has 1 aliphatic rings. The Balaban J connectivity index is 2.18. The highest BCUT2D eigenvalue weighted by molar-refractivity contribution is 7.94. The number of fused-ring (bicyclic) bond motifs is 1. The van der Waals surface area contributed by atoms with Gasteiger partial charge in [0.05, 0.1) is 12.0 Å². The fourth-order valence-corrected chi connectivity index (χ4v) is 2.29. The first kappa shape index (κ1) is 10.8. The van der Waals surface area contributed by atoms with Crippen molar-refractivity contribution in [2.24, 2.45) is 0 Å². The monoisotopic (exact) mass is 227 g/mol. The van der Waals surface area contributed by atoms with Gasteiger partial charge < -0.3 is 4.90 Å². The summed E-state index contributed by atoms with van der Waals surface area (Å²) in [5.41, 5.74) is 2.59. The zero-order valence-electron chi connectivity index (χ0n) is 8.47. The van der Waals surface area contributed by atoms with Gasteiger partial charge in [0.2, 0.25) is 0 Å². The Kier molecular flexibility index (Phi) is 3.48. The molecule has 0 saturated heterocycles. The molecule has 0 amide bonds. The Hall–Kier alpha value is -0.750. The maximum absolute atomic E-state index is 8.06. The number of hydrogen-bond donors (Lipinski definition) is 1. The van der Waals surface area contributed by atoms with Crippen LogP contribution in [-0.4, -0.2) is 18.8 Å². The Bertz CT molecular complexity index is 345. The van der Waals surface area contributed by atoms with Crippen LogP contribution in [-0.2, 0) is 15.8 Å². The van der Waals surface area contributed by atoms with Crippen LogP contribution in [0.15, 0.2) is 23.1 Å². The first-order valence-corrected chi connectivity index (χ1v) is 5.54. The quantitative estimate of drug-likeness (QED) is 0.488. The third-order valence-electron chi connectivity index (χ3n) is 2.56. The summed E-state index contributed by atoms with van der Waals surface area (Å²) in [5, 5.41) is 11.6. The van der Waals surface area contributed by atoms with E-state index in [4.69, 9.17) is 5.26 Å². The summed E-state index contributed by atoms with van der Waals surface area (Å²) >= 11 is 1.00. The lowest BCUT2D eigenvalue weighted by Crippen LogP contribution is -2.24. The standard InChI is InChI=1S/C10H13NO3S/c1-11-6-2-3-8-7-9(15-14-13-12)4-5-10(8)11/h4-5,7,12H,2-3,6H2,1H3. The summed E-state index contributed by atoms with van der Waals surface area (Å²) < 4.78 is 4.40. The van der Waals surface area contributed by atoms with E-state index in [0.29, 0.717) is 0 Å². The van der Waals surface area contributed by atoms with Crippen LogP contribution in [0.3, 0.4) is 0 Å². The van der Waals surface area contributed by atoms with Crippen LogP contribution in [0.2, 0.25) is 0 Å². The molecular weight excluding hydrogens is 214 g/mol. The minimum Gasteiger partial charge on any atom is -0.374 e. The highest BCUT2D eigenvalue weighted by Crippen LogP contribution is 2.30. The van der Waals surface area contributed by atoms with E-state index in [9.17, 15) is 0 Å². The van der Waals surface area contributed by atoms with Gasteiger partial charge in [-0.2, -0.15) is 0 Å². The lowest BCUT2D eigenvalue weighted by molar-refractivity contribution is -0.432. The summed E-state index contributed by atoms with van der Waals surface area (Å²) in [7, 11) is 2.10. The van der Waals surface area contributed by atoms with Crippen molar-refractivity contribution in [2.75, 3.05) is 18.5 Å². The maximum Gasteiger partial charge on any atom is 0.0714 e. The molecule has 1 aromatic rings. The second kappa shape index (κ2) is 4.85. The van der Waals surface area contributed by atoms with E-state index in [1.165, 1.54) is 17.7 Å². The minimum absolute atomic E-state index is 0.929. The Morgan fingerprint density at radius 2 is 2.33 bits per heavy atom. The summed E-state index contributed by atoms with van der Waals surface area (Å²) in [6.07, 6.45) is 2.27. The summed E-state index contributed by atoms with van der Waals surface area (Å²) in [6, 6.07) is 6.08. The molecule has 0 aliphatic carbocycles. The van der Waals surface area contributed by atoms with Gasteiger partial charge in [-0.05, 0) is 36.6 Å². The smallest absolute Gasteiger partial charge is 0.0714 e. The summed E-state index contributed by atoms with van der Waals surface area (Å²) in [5.74, 6) is 0. The van der Waals surface area contributed by atoms with Gasteiger partial charge in [0.25, 0.3) is 0 Å². The van der Waals surface area contributed by atoms with Crippen molar-refractivity contribution >= 4 is 17.7 Å². The predicted octanol–water partition coefficient (Wildman–Crippen LogP) is 2.50. The molecule has 0 atom stereocenters. The summed E-state index contributed by atoms with van der Waals surface area (Å²) in [4.78, 5) is 3.18. The Morgan fingerprint density at radius 3 is 3.13 bits per heavy atom. The third kappa shape index (κ3) is 2.43. The van der Waals surface area contributed by atoms with Crippen LogP contribution >= 0.6 is 12.0 Å². The first-order valence-electron chi connectivity index (χ1n) is 4.80. The lowest BCUT2D eigenvalue weighted by Gasteiger charge is -2.27. The van der Waals surface area contributed by atoms with E-state index < -0.39 is 0 Å². The number of rotatable bonds is 3. The molecule has 1 aromatic carbocycles. The van der Waals surface area contributed by atoms with Gasteiger partial charge in [-0.3, -0.25) is 0 Å². The largest absolute Gasteiger partial charge is 0.374 e. The van der Waals surface area contributed by atoms with Gasteiger partial charge in [0.1, 0.15) is 0 Å². The molecule has 82 valence electrons. The maximum atomic E-state index is 8.06. The van der Waals surface area contributed by atoms with Crippen molar-refractivity contribution in [3.05, 3.63) is 23.8 Å². The van der Waals surface area contributed by atoms with Crippen LogP contribution in [0.5, 0.6) is 0 Å². The minimum atomic E-state index is 0.929. The second-order valence-electron chi connectivity index (χ2n) is 3.54. The van der Waals surface area contributed by atoms with E-state index in [0.717, 1.165) is 29.9 Å². The molecule has 0 saturated carbocycles. The van der Waals surface area contributed by atoms with Crippen molar-refractivity contribution in [2.45, 2.75) is 17.7 Å². The number of aryl methyl sites for hydroxylation is 1. The summed E-state index contributed by atoms with van der Waals surface area (Å²) in [6.45, 7) is 1.11. The molecule has 4 nitrogen and oxygen atoms in total. The molecule has 0 radical (unpaired) electrons. The number of nitrogens with zero attached hydrogens (tertiary/aromatic N) is 1. The molecule has 0 unspecified atom stereocenters. The molecule has 1 aliphatic heterocycles. The van der Waals surface area contributed by atoms with Crippen molar-refractivity contribution in [1.29, 1.82) is 0 Å². The Morgan fingerprint density at radius 1 is 1.47 bits per heavy atom. The second-order valence-corrected chi connectivity index (χ2v) is 4.32. The molecule has 2 rings (SSSR count). The molecule has 15 heavy (non-hydrogen) atoms. The molecule has 0 spiro atoms. The van der Waals surface area contributed by atoms with E-state index in [2.05, 4.69) is 33.5 Å². The predicted molar refractivity (Wildman–Crippen MR) is 58.7 cm³/mol. The lowest BCUT2D eigenvalue weighted by atomic mass is 10.0.